The van der Waals surface area contributed by atoms with Gasteiger partial charge in [-0.1, -0.05) is 5.16 Å². The first-order chi connectivity index (χ1) is 8.08. The summed E-state index contributed by atoms with van der Waals surface area (Å²) in [6.45, 7) is 6.35. The molecule has 1 N–H and O–H groups in total. The highest BCUT2D eigenvalue weighted by Gasteiger charge is 2.11. The topological polar surface area (TPSA) is 51.0 Å². The minimum atomic E-state index is 0.0680. The Balaban J connectivity index is 3.15. The zero-order valence-electron chi connectivity index (χ0n) is 10.1. The van der Waals surface area contributed by atoms with Crippen molar-refractivity contribution >= 4 is 22.1 Å². The molecule has 0 fully saturated rings. The summed E-state index contributed by atoms with van der Waals surface area (Å²) in [5.41, 5.74) is 0.729. The monoisotopic (exact) mass is 301 g/mol. The number of benzene rings is 1. The molecule has 0 heterocycles. The summed E-state index contributed by atoms with van der Waals surface area (Å²) in [7, 11) is 0. The summed E-state index contributed by atoms with van der Waals surface area (Å²) in [5.74, 6) is 1.31. The zero-order chi connectivity index (χ0) is 12.8. The molecule has 0 bridgehead atoms. The molecule has 17 heavy (non-hydrogen) atoms. The van der Waals surface area contributed by atoms with Crippen LogP contribution in [0.5, 0.6) is 11.5 Å². The normalized spacial score (nSPS) is 11.1. The molecule has 0 amide bonds. The molecule has 0 radical (unpaired) electrons. The van der Waals surface area contributed by atoms with Gasteiger partial charge in [0.1, 0.15) is 0 Å². The minimum Gasteiger partial charge on any atom is -0.490 e. The first-order valence-electron chi connectivity index (χ1n) is 5.38. The second-order valence-electron chi connectivity index (χ2n) is 3.66. The van der Waals surface area contributed by atoms with Crippen molar-refractivity contribution in [3.63, 3.8) is 0 Å². The lowest BCUT2D eigenvalue weighted by Crippen LogP contribution is -2.08. The highest BCUT2D eigenvalue weighted by Crippen LogP contribution is 2.33. The van der Waals surface area contributed by atoms with Gasteiger partial charge >= 0.3 is 0 Å². The van der Waals surface area contributed by atoms with E-state index in [-0.39, 0.29) is 6.10 Å². The van der Waals surface area contributed by atoms with Crippen LogP contribution < -0.4 is 9.47 Å². The van der Waals surface area contributed by atoms with Gasteiger partial charge in [-0.2, -0.15) is 0 Å². The number of ether oxygens (including phenoxy) is 2. The van der Waals surface area contributed by atoms with E-state index in [0.717, 1.165) is 10.0 Å². The average molecular weight is 302 g/mol. The van der Waals surface area contributed by atoms with Gasteiger partial charge in [-0.05, 0) is 48.8 Å². The highest BCUT2D eigenvalue weighted by atomic mass is 79.9. The van der Waals surface area contributed by atoms with E-state index in [1.807, 2.05) is 26.8 Å². The van der Waals surface area contributed by atoms with Gasteiger partial charge in [0.25, 0.3) is 0 Å². The fraction of sp³-hybridized carbons (Fsp3) is 0.417. The summed E-state index contributed by atoms with van der Waals surface area (Å²) in [6.07, 6.45) is 1.41. The molecule has 0 aliphatic heterocycles. The first-order valence-corrected chi connectivity index (χ1v) is 6.18. The molecule has 4 nitrogen and oxygen atoms in total. The second kappa shape index (κ2) is 6.49. The van der Waals surface area contributed by atoms with Gasteiger partial charge in [0.15, 0.2) is 11.5 Å². The number of oxime groups is 1. The standard InChI is InChI=1S/C12H16BrNO3/c1-4-16-11-5-9(7-14-15)10(13)6-12(11)17-8(2)3/h5-8,15H,4H2,1-3H3/b14-7-. The lowest BCUT2D eigenvalue weighted by molar-refractivity contribution is 0.223. The van der Waals surface area contributed by atoms with Crippen molar-refractivity contribution in [3.05, 3.63) is 22.2 Å². The van der Waals surface area contributed by atoms with Crippen molar-refractivity contribution in [3.8, 4) is 11.5 Å². The molecular formula is C12H16BrNO3. The van der Waals surface area contributed by atoms with Crippen LogP contribution in [0.3, 0.4) is 0 Å². The second-order valence-corrected chi connectivity index (χ2v) is 4.52. The molecule has 0 atom stereocenters. The van der Waals surface area contributed by atoms with Crippen molar-refractivity contribution in [1.29, 1.82) is 0 Å². The molecule has 1 aromatic rings. The zero-order valence-corrected chi connectivity index (χ0v) is 11.7. The maximum Gasteiger partial charge on any atom is 0.162 e. The molecule has 0 aliphatic rings. The molecule has 0 saturated carbocycles. The van der Waals surface area contributed by atoms with Gasteiger partial charge in [-0.15, -0.1) is 0 Å². The van der Waals surface area contributed by atoms with Crippen molar-refractivity contribution in [2.24, 2.45) is 5.16 Å². The lowest BCUT2D eigenvalue weighted by atomic mass is 10.2. The van der Waals surface area contributed by atoms with Crippen LogP contribution in [0.25, 0.3) is 0 Å². The lowest BCUT2D eigenvalue weighted by Gasteiger charge is -2.15. The quantitative estimate of drug-likeness (QED) is 0.515. The van der Waals surface area contributed by atoms with Crippen molar-refractivity contribution in [2.75, 3.05) is 6.61 Å². The Kier molecular flexibility index (Phi) is 5.28. The number of halogens is 1. The fourth-order valence-corrected chi connectivity index (χ4v) is 1.75. The van der Waals surface area contributed by atoms with E-state index in [1.54, 1.807) is 6.07 Å². The Morgan fingerprint density at radius 3 is 2.65 bits per heavy atom. The number of rotatable bonds is 5. The Hall–Kier alpha value is -1.23. The van der Waals surface area contributed by atoms with Crippen LogP contribution in [-0.4, -0.2) is 24.1 Å². The summed E-state index contributed by atoms with van der Waals surface area (Å²) in [4.78, 5) is 0. The number of hydrogen-bond donors (Lipinski definition) is 1. The third-order valence-electron chi connectivity index (χ3n) is 1.92. The molecule has 0 unspecified atom stereocenters. The molecule has 0 aliphatic carbocycles. The van der Waals surface area contributed by atoms with E-state index >= 15 is 0 Å². The van der Waals surface area contributed by atoms with Crippen LogP contribution in [0.1, 0.15) is 26.3 Å². The van der Waals surface area contributed by atoms with E-state index in [0.29, 0.717) is 18.1 Å². The van der Waals surface area contributed by atoms with Gasteiger partial charge in [0.2, 0.25) is 0 Å². The van der Waals surface area contributed by atoms with Crippen LogP contribution >= 0.6 is 15.9 Å². The SMILES string of the molecule is CCOc1cc(/C=N\O)c(Br)cc1OC(C)C. The van der Waals surface area contributed by atoms with Crippen molar-refractivity contribution < 1.29 is 14.7 Å². The third kappa shape index (κ3) is 3.93. The molecule has 1 aromatic carbocycles. The predicted molar refractivity (Wildman–Crippen MR) is 70.5 cm³/mol. The summed E-state index contributed by atoms with van der Waals surface area (Å²) in [5, 5.41) is 11.6. The smallest absolute Gasteiger partial charge is 0.162 e. The maximum absolute atomic E-state index is 8.56. The predicted octanol–water partition coefficient (Wildman–Crippen LogP) is 3.44. The minimum absolute atomic E-state index is 0.0680. The van der Waals surface area contributed by atoms with Crippen LogP contribution in [0.15, 0.2) is 21.8 Å². The molecule has 94 valence electrons. The maximum atomic E-state index is 8.56. The molecule has 0 saturated heterocycles. The summed E-state index contributed by atoms with van der Waals surface area (Å²) < 4.78 is 11.9. The van der Waals surface area contributed by atoms with Gasteiger partial charge in [-0.25, -0.2) is 0 Å². The van der Waals surface area contributed by atoms with E-state index < -0.39 is 0 Å². The summed E-state index contributed by atoms with van der Waals surface area (Å²) >= 11 is 3.39. The highest BCUT2D eigenvalue weighted by molar-refractivity contribution is 9.10. The Bertz CT molecular complexity index is 405. The van der Waals surface area contributed by atoms with Crippen LogP contribution in [0.2, 0.25) is 0 Å². The van der Waals surface area contributed by atoms with Gasteiger partial charge < -0.3 is 14.7 Å². The number of nitrogens with zero attached hydrogens (tertiary/aromatic N) is 1. The largest absolute Gasteiger partial charge is 0.490 e. The Morgan fingerprint density at radius 1 is 1.41 bits per heavy atom. The van der Waals surface area contributed by atoms with Crippen LogP contribution in [-0.2, 0) is 0 Å². The van der Waals surface area contributed by atoms with E-state index in [2.05, 4.69) is 21.1 Å². The first kappa shape index (κ1) is 13.8. The fourth-order valence-electron chi connectivity index (χ4n) is 1.33. The third-order valence-corrected chi connectivity index (χ3v) is 2.61. The van der Waals surface area contributed by atoms with Gasteiger partial charge in [0.05, 0.1) is 18.9 Å². The van der Waals surface area contributed by atoms with Crippen molar-refractivity contribution in [1.82, 2.24) is 0 Å². The van der Waals surface area contributed by atoms with Crippen molar-refractivity contribution in [2.45, 2.75) is 26.9 Å². The molecular weight excluding hydrogens is 286 g/mol. The van der Waals surface area contributed by atoms with E-state index in [9.17, 15) is 0 Å². The molecule has 0 aromatic heterocycles. The Labute approximate surface area is 109 Å². The van der Waals surface area contributed by atoms with Crippen LogP contribution in [0.4, 0.5) is 0 Å². The molecule has 1 rings (SSSR count). The summed E-state index contributed by atoms with van der Waals surface area (Å²) in [6, 6.07) is 3.58. The van der Waals surface area contributed by atoms with Gasteiger partial charge in [0, 0.05) is 10.0 Å². The van der Waals surface area contributed by atoms with E-state index in [1.165, 1.54) is 6.21 Å². The molecule has 5 heteroatoms. The molecule has 0 spiro atoms. The number of hydrogen-bond acceptors (Lipinski definition) is 4. The Morgan fingerprint density at radius 2 is 2.12 bits per heavy atom. The van der Waals surface area contributed by atoms with Gasteiger partial charge in [-0.3, -0.25) is 0 Å². The van der Waals surface area contributed by atoms with Crippen LogP contribution in [0, 0.1) is 0 Å². The van der Waals surface area contributed by atoms with E-state index in [4.69, 9.17) is 14.7 Å². The average Bonchev–Trinajstić information content (AvgIpc) is 2.24.